The van der Waals surface area contributed by atoms with Crippen LogP contribution in [0.15, 0.2) is 89.8 Å². The summed E-state index contributed by atoms with van der Waals surface area (Å²) in [6.07, 6.45) is -7.60. The first-order chi connectivity index (χ1) is 23.7. The molecular weight excluding hydrogens is 675 g/mol. The van der Waals surface area contributed by atoms with Crippen LogP contribution in [-0.4, -0.2) is 84.4 Å². The molecule has 0 saturated heterocycles. The number of imide groups is 1. The lowest BCUT2D eigenvalue weighted by Gasteiger charge is -2.35. The van der Waals surface area contributed by atoms with Crippen molar-refractivity contribution in [3.05, 3.63) is 102 Å². The maximum atomic E-state index is 14.8. The van der Waals surface area contributed by atoms with Crippen molar-refractivity contribution in [3.63, 3.8) is 0 Å². The average molecular weight is 722 g/mol. The van der Waals surface area contributed by atoms with Crippen molar-refractivity contribution in [2.24, 2.45) is 11.7 Å². The summed E-state index contributed by atoms with van der Waals surface area (Å²) >= 11 is 0. The second-order valence-corrected chi connectivity index (χ2v) is 14.3. The lowest BCUT2D eigenvalue weighted by molar-refractivity contribution is -0.187. The standard InChI is InChI=1S/C36H46F3N3O7S/c1-25(2)21-22-41(50(47,48)30-19-17-26(23-43)18-20-30)29(24-44)15-10-16-31(36(37,38)39)42(35(46)49-3)34(45)33(40)32(27-11-6-4-7-12-27)28-13-8-5-9-14-28/h4-9,11-14,17-20,25,29,31-33,43-44H,10,15-16,21-24,40H2,1-3H3/t29-,31+,33-/m0/s1. The number of amides is 2. The van der Waals surface area contributed by atoms with Crippen LogP contribution in [0.1, 0.15) is 62.1 Å². The summed E-state index contributed by atoms with van der Waals surface area (Å²) in [5.41, 5.74) is 8.01. The van der Waals surface area contributed by atoms with E-state index in [9.17, 15) is 41.4 Å². The van der Waals surface area contributed by atoms with Crippen LogP contribution in [-0.2, 0) is 26.2 Å². The maximum Gasteiger partial charge on any atom is 0.416 e. The number of aliphatic hydroxyl groups excluding tert-OH is 2. The number of carbonyl (C=O) groups excluding carboxylic acids is 2. The largest absolute Gasteiger partial charge is 0.452 e. The quantitative estimate of drug-likeness (QED) is 0.167. The second-order valence-electron chi connectivity index (χ2n) is 12.4. The highest BCUT2D eigenvalue weighted by Crippen LogP contribution is 2.34. The van der Waals surface area contributed by atoms with E-state index in [0.717, 1.165) is 11.4 Å². The molecular formula is C36H46F3N3O7S. The van der Waals surface area contributed by atoms with E-state index < -0.39 is 65.3 Å². The van der Waals surface area contributed by atoms with Gasteiger partial charge in [-0.3, -0.25) is 4.79 Å². The summed E-state index contributed by atoms with van der Waals surface area (Å²) in [6, 6.07) is 17.1. The molecule has 0 aliphatic heterocycles. The molecule has 3 aromatic rings. The maximum absolute atomic E-state index is 14.8. The van der Waals surface area contributed by atoms with Crippen LogP contribution < -0.4 is 5.73 Å². The van der Waals surface area contributed by atoms with Crippen molar-refractivity contribution >= 4 is 22.0 Å². The first-order valence-electron chi connectivity index (χ1n) is 16.3. The van der Waals surface area contributed by atoms with Gasteiger partial charge in [0.05, 0.1) is 31.3 Å². The summed E-state index contributed by atoms with van der Waals surface area (Å²) in [4.78, 5) is 26.8. The number of ether oxygens (including phenoxy) is 1. The van der Waals surface area contributed by atoms with Crippen molar-refractivity contribution < 1.29 is 46.1 Å². The van der Waals surface area contributed by atoms with Gasteiger partial charge in [-0.15, -0.1) is 0 Å². The number of aliphatic hydroxyl groups is 2. The topological polar surface area (TPSA) is 150 Å². The molecule has 4 N–H and O–H groups in total. The molecule has 2 amide bonds. The number of nitrogens with two attached hydrogens (primary N) is 1. The lowest BCUT2D eigenvalue weighted by Crippen LogP contribution is -2.57. The number of methoxy groups -OCH3 is 1. The van der Waals surface area contributed by atoms with Gasteiger partial charge < -0.3 is 20.7 Å². The smallest absolute Gasteiger partial charge is 0.416 e. The summed E-state index contributed by atoms with van der Waals surface area (Å²) in [5.74, 6) is -2.14. The Balaban J connectivity index is 1.93. The van der Waals surface area contributed by atoms with Gasteiger partial charge in [-0.25, -0.2) is 18.1 Å². The van der Waals surface area contributed by atoms with Crippen LogP contribution in [0.25, 0.3) is 0 Å². The zero-order valence-corrected chi connectivity index (χ0v) is 29.2. The van der Waals surface area contributed by atoms with Crippen molar-refractivity contribution in [3.8, 4) is 0 Å². The molecule has 0 aromatic heterocycles. The van der Waals surface area contributed by atoms with Crippen LogP contribution in [0.5, 0.6) is 0 Å². The Bertz CT molecular complexity index is 1570. The van der Waals surface area contributed by atoms with Crippen LogP contribution in [0.4, 0.5) is 18.0 Å². The highest BCUT2D eigenvalue weighted by molar-refractivity contribution is 7.89. The molecule has 0 radical (unpaired) electrons. The molecule has 0 saturated carbocycles. The van der Waals surface area contributed by atoms with Gasteiger partial charge in [0.15, 0.2) is 0 Å². The molecule has 0 aliphatic carbocycles. The number of halogens is 3. The SMILES string of the molecule is COC(=O)N(C(=O)[C@@H](N)C(c1ccccc1)c1ccccc1)[C@H](CCC[C@@H](CO)N(CCC(C)C)S(=O)(=O)c1ccc(CO)cc1)C(F)(F)F. The molecule has 0 fully saturated rings. The van der Waals surface area contributed by atoms with E-state index in [1.54, 1.807) is 60.7 Å². The molecule has 3 aromatic carbocycles. The molecule has 274 valence electrons. The summed E-state index contributed by atoms with van der Waals surface area (Å²) in [6.45, 7) is 2.75. The number of nitrogens with zero attached hydrogens (tertiary/aromatic N) is 2. The van der Waals surface area contributed by atoms with Crippen LogP contribution in [0, 0.1) is 5.92 Å². The minimum absolute atomic E-state index is 0.00743. The Kier molecular flexibility index (Phi) is 15.0. The lowest BCUT2D eigenvalue weighted by atomic mass is 9.84. The third-order valence-electron chi connectivity index (χ3n) is 8.53. The summed E-state index contributed by atoms with van der Waals surface area (Å²) in [7, 11) is -3.36. The fourth-order valence-electron chi connectivity index (χ4n) is 5.80. The van der Waals surface area contributed by atoms with Gasteiger partial charge in [-0.1, -0.05) is 86.6 Å². The highest BCUT2D eigenvalue weighted by Gasteiger charge is 2.50. The molecule has 0 heterocycles. The number of sulfonamides is 1. The zero-order valence-electron chi connectivity index (χ0n) is 28.4. The zero-order chi connectivity index (χ0) is 37.1. The minimum atomic E-state index is -5.11. The molecule has 0 spiro atoms. The van der Waals surface area contributed by atoms with Crippen LogP contribution in [0.3, 0.4) is 0 Å². The predicted molar refractivity (Wildman–Crippen MR) is 182 cm³/mol. The van der Waals surface area contributed by atoms with Crippen molar-refractivity contribution in [1.82, 2.24) is 9.21 Å². The third-order valence-corrected chi connectivity index (χ3v) is 10.5. The van der Waals surface area contributed by atoms with Gasteiger partial charge in [-0.05, 0) is 60.4 Å². The van der Waals surface area contributed by atoms with Crippen molar-refractivity contribution in [1.29, 1.82) is 0 Å². The fraction of sp³-hybridized carbons (Fsp3) is 0.444. The van der Waals surface area contributed by atoms with Crippen molar-refractivity contribution in [2.75, 3.05) is 20.3 Å². The Morgan fingerprint density at radius 1 is 0.860 bits per heavy atom. The van der Waals surface area contributed by atoms with Crippen LogP contribution in [0.2, 0.25) is 0 Å². The van der Waals surface area contributed by atoms with E-state index in [0.29, 0.717) is 23.1 Å². The summed E-state index contributed by atoms with van der Waals surface area (Å²) in [5, 5.41) is 19.7. The fourth-order valence-corrected chi connectivity index (χ4v) is 7.46. The monoisotopic (exact) mass is 721 g/mol. The molecule has 50 heavy (non-hydrogen) atoms. The molecule has 14 heteroatoms. The van der Waals surface area contributed by atoms with Gasteiger partial charge in [0, 0.05) is 18.5 Å². The molecule has 0 aliphatic rings. The normalized spacial score (nSPS) is 14.1. The second kappa shape index (κ2) is 18.4. The van der Waals surface area contributed by atoms with Crippen molar-refractivity contribution in [2.45, 2.75) is 81.3 Å². The number of carbonyl (C=O) groups is 2. The van der Waals surface area contributed by atoms with Crippen LogP contribution >= 0.6 is 0 Å². The number of alkyl halides is 3. The van der Waals surface area contributed by atoms with Gasteiger partial charge >= 0.3 is 12.3 Å². The van der Waals surface area contributed by atoms with Gasteiger partial charge in [0.2, 0.25) is 15.9 Å². The molecule has 0 unspecified atom stereocenters. The Morgan fingerprint density at radius 2 is 1.40 bits per heavy atom. The van der Waals surface area contributed by atoms with E-state index in [1.807, 2.05) is 13.8 Å². The highest BCUT2D eigenvalue weighted by atomic mass is 32.2. The first-order valence-corrected chi connectivity index (χ1v) is 17.8. The summed E-state index contributed by atoms with van der Waals surface area (Å²) < 4.78 is 77.5. The van der Waals surface area contributed by atoms with Gasteiger partial charge in [0.1, 0.15) is 6.04 Å². The van der Waals surface area contributed by atoms with E-state index in [-0.39, 0.29) is 41.7 Å². The number of benzene rings is 3. The van der Waals surface area contributed by atoms with E-state index in [1.165, 1.54) is 24.3 Å². The number of hydrogen-bond acceptors (Lipinski definition) is 8. The van der Waals surface area contributed by atoms with Gasteiger partial charge in [0.25, 0.3) is 0 Å². The van der Waals surface area contributed by atoms with E-state index >= 15 is 0 Å². The molecule has 3 rings (SSSR count). The predicted octanol–water partition coefficient (Wildman–Crippen LogP) is 5.43. The van der Waals surface area contributed by atoms with E-state index in [2.05, 4.69) is 4.74 Å². The first kappa shape index (κ1) is 40.6. The van der Waals surface area contributed by atoms with E-state index in [4.69, 9.17) is 5.73 Å². The Labute approximate surface area is 291 Å². The average Bonchev–Trinajstić information content (AvgIpc) is 3.10. The number of rotatable bonds is 17. The molecule has 3 atom stereocenters. The molecule has 0 bridgehead atoms. The number of hydrogen-bond donors (Lipinski definition) is 3. The minimum Gasteiger partial charge on any atom is -0.452 e. The Morgan fingerprint density at radius 3 is 1.84 bits per heavy atom. The third kappa shape index (κ3) is 10.4. The molecule has 10 nitrogen and oxygen atoms in total. The Hall–Kier alpha value is -3.82. The van der Waals surface area contributed by atoms with Gasteiger partial charge in [-0.2, -0.15) is 17.5 Å².